The number of benzene rings is 1. The van der Waals surface area contributed by atoms with E-state index in [-0.39, 0.29) is 0 Å². The van der Waals surface area contributed by atoms with Crippen molar-refractivity contribution in [2.45, 2.75) is 19.4 Å². The van der Waals surface area contributed by atoms with E-state index in [1.165, 1.54) is 11.3 Å². The van der Waals surface area contributed by atoms with Crippen molar-refractivity contribution in [3.8, 4) is 0 Å². The number of nitrogens with zero attached hydrogens (tertiary/aromatic N) is 1. The lowest BCUT2D eigenvalue weighted by atomic mass is 10.1. The second-order valence-electron chi connectivity index (χ2n) is 3.78. The van der Waals surface area contributed by atoms with Gasteiger partial charge in [0.15, 0.2) is 0 Å². The van der Waals surface area contributed by atoms with E-state index >= 15 is 0 Å². The lowest BCUT2D eigenvalue weighted by Crippen LogP contribution is -2.32. The van der Waals surface area contributed by atoms with Gasteiger partial charge in [-0.1, -0.05) is 12.2 Å². The van der Waals surface area contributed by atoms with Gasteiger partial charge in [0.1, 0.15) is 4.32 Å². The van der Waals surface area contributed by atoms with Gasteiger partial charge >= 0.3 is 0 Å². The zero-order valence-corrected chi connectivity index (χ0v) is 10.5. The molecule has 15 heavy (non-hydrogen) atoms. The average Bonchev–Trinajstić information content (AvgIpc) is 2.52. The van der Waals surface area contributed by atoms with Crippen LogP contribution in [-0.2, 0) is 6.42 Å². The largest absolute Gasteiger partial charge is 0.399 e. The van der Waals surface area contributed by atoms with Crippen molar-refractivity contribution in [2.24, 2.45) is 0 Å². The van der Waals surface area contributed by atoms with E-state index in [2.05, 4.69) is 24.0 Å². The van der Waals surface area contributed by atoms with E-state index < -0.39 is 0 Å². The van der Waals surface area contributed by atoms with Gasteiger partial charge in [0.05, 0.1) is 0 Å². The summed E-state index contributed by atoms with van der Waals surface area (Å²) in [6, 6.07) is 6.50. The van der Waals surface area contributed by atoms with Crippen LogP contribution < -0.4 is 10.6 Å². The average molecular weight is 238 g/mol. The van der Waals surface area contributed by atoms with Crippen LogP contribution in [0.4, 0.5) is 11.4 Å². The van der Waals surface area contributed by atoms with Crippen molar-refractivity contribution in [1.29, 1.82) is 0 Å². The Kier molecular flexibility index (Phi) is 2.89. The summed E-state index contributed by atoms with van der Waals surface area (Å²) in [4.78, 5) is 2.22. The number of hydrogen-bond acceptors (Lipinski definition) is 3. The maximum Gasteiger partial charge on any atom is 0.140 e. The van der Waals surface area contributed by atoms with Crippen molar-refractivity contribution in [3.63, 3.8) is 0 Å². The molecule has 0 aromatic heterocycles. The first-order chi connectivity index (χ1) is 7.13. The second kappa shape index (κ2) is 4.02. The van der Waals surface area contributed by atoms with E-state index in [0.717, 1.165) is 16.4 Å². The van der Waals surface area contributed by atoms with Crippen molar-refractivity contribution in [2.75, 3.05) is 16.9 Å². The van der Waals surface area contributed by atoms with E-state index in [0.29, 0.717) is 6.04 Å². The van der Waals surface area contributed by atoms with E-state index in [1.54, 1.807) is 11.8 Å². The van der Waals surface area contributed by atoms with Gasteiger partial charge in [-0.05, 0) is 43.4 Å². The fourth-order valence-electron chi connectivity index (χ4n) is 2.03. The predicted octanol–water partition coefficient (Wildman–Crippen LogP) is 2.67. The molecule has 0 radical (unpaired) electrons. The number of fused-ring (bicyclic) bond motifs is 1. The predicted molar refractivity (Wildman–Crippen MR) is 72.6 cm³/mol. The molecular weight excluding hydrogens is 224 g/mol. The van der Waals surface area contributed by atoms with Gasteiger partial charge in [-0.2, -0.15) is 0 Å². The molecule has 1 unspecified atom stereocenters. The summed E-state index contributed by atoms with van der Waals surface area (Å²) in [5, 5.41) is 0. The van der Waals surface area contributed by atoms with Crippen molar-refractivity contribution < 1.29 is 0 Å². The summed E-state index contributed by atoms with van der Waals surface area (Å²) in [6.45, 7) is 2.19. The van der Waals surface area contributed by atoms with Crippen LogP contribution >= 0.6 is 24.0 Å². The van der Waals surface area contributed by atoms with E-state index in [4.69, 9.17) is 18.0 Å². The normalized spacial score (nSPS) is 19.1. The number of nitrogen functional groups attached to an aromatic ring is 1. The molecule has 1 aromatic rings. The summed E-state index contributed by atoms with van der Waals surface area (Å²) in [5.74, 6) is 0. The van der Waals surface area contributed by atoms with E-state index in [1.807, 2.05) is 12.3 Å². The smallest absolute Gasteiger partial charge is 0.140 e. The molecule has 1 aliphatic heterocycles. The molecule has 0 fully saturated rings. The minimum Gasteiger partial charge on any atom is -0.399 e. The third-order valence-electron chi connectivity index (χ3n) is 2.69. The number of anilines is 2. The first kappa shape index (κ1) is 10.8. The topological polar surface area (TPSA) is 29.3 Å². The Labute approximate surface area is 99.8 Å². The lowest BCUT2D eigenvalue weighted by molar-refractivity contribution is 0.780. The van der Waals surface area contributed by atoms with Crippen LogP contribution in [0.2, 0.25) is 0 Å². The minimum atomic E-state index is 0.446. The van der Waals surface area contributed by atoms with Crippen LogP contribution in [0.25, 0.3) is 0 Å². The van der Waals surface area contributed by atoms with Gasteiger partial charge in [-0.25, -0.2) is 0 Å². The molecule has 1 heterocycles. The zero-order chi connectivity index (χ0) is 11.0. The summed E-state index contributed by atoms with van der Waals surface area (Å²) in [5.41, 5.74) is 9.13. The van der Waals surface area contributed by atoms with Gasteiger partial charge < -0.3 is 10.6 Å². The molecule has 80 valence electrons. The van der Waals surface area contributed by atoms with Gasteiger partial charge in [0.2, 0.25) is 0 Å². The summed E-state index contributed by atoms with van der Waals surface area (Å²) >= 11 is 6.98. The van der Waals surface area contributed by atoms with Crippen LogP contribution in [0, 0.1) is 0 Å². The highest BCUT2D eigenvalue weighted by Crippen LogP contribution is 2.35. The Hall–Kier alpha value is -0.740. The Bertz CT molecular complexity index is 404. The molecule has 2 N–H and O–H groups in total. The third kappa shape index (κ3) is 1.84. The Morgan fingerprint density at radius 2 is 2.33 bits per heavy atom. The van der Waals surface area contributed by atoms with E-state index in [9.17, 15) is 0 Å². The SMILES string of the molecule is CSC(=S)N1c2ccc(N)cc2CC1C. The fourth-order valence-corrected chi connectivity index (χ4v) is 2.78. The molecule has 1 atom stereocenters. The zero-order valence-electron chi connectivity index (χ0n) is 8.86. The molecule has 0 bridgehead atoms. The molecule has 0 amide bonds. The van der Waals surface area contributed by atoms with Gasteiger partial charge in [-0.3, -0.25) is 0 Å². The molecule has 2 nitrogen and oxygen atoms in total. The number of thioether (sulfide) groups is 1. The molecule has 0 aliphatic carbocycles. The number of hydrogen-bond donors (Lipinski definition) is 1. The standard InChI is InChI=1S/C11H14N2S2/c1-7-5-8-6-9(12)3-4-10(8)13(7)11(14)15-2/h3-4,6-7H,5,12H2,1-2H3. The molecule has 0 spiro atoms. The summed E-state index contributed by atoms with van der Waals surface area (Å²) < 4.78 is 0.936. The fraction of sp³-hybridized carbons (Fsp3) is 0.364. The molecule has 4 heteroatoms. The van der Waals surface area contributed by atoms with Gasteiger partial charge in [-0.15, -0.1) is 11.8 Å². The summed E-state index contributed by atoms with van der Waals surface area (Å²) in [7, 11) is 0. The van der Waals surface area contributed by atoms with Crippen LogP contribution in [0.5, 0.6) is 0 Å². The molecular formula is C11H14N2S2. The number of nitrogens with two attached hydrogens (primary N) is 1. The quantitative estimate of drug-likeness (QED) is 0.556. The van der Waals surface area contributed by atoms with Crippen molar-refractivity contribution in [3.05, 3.63) is 23.8 Å². The molecule has 0 saturated carbocycles. The van der Waals surface area contributed by atoms with Crippen LogP contribution in [0.15, 0.2) is 18.2 Å². The lowest BCUT2D eigenvalue weighted by Gasteiger charge is -2.24. The minimum absolute atomic E-state index is 0.446. The molecule has 2 rings (SSSR count). The van der Waals surface area contributed by atoms with Crippen molar-refractivity contribution in [1.82, 2.24) is 0 Å². The molecule has 1 aromatic carbocycles. The molecule has 0 saturated heterocycles. The number of rotatable bonds is 0. The monoisotopic (exact) mass is 238 g/mol. The van der Waals surface area contributed by atoms with Crippen LogP contribution in [-0.4, -0.2) is 16.6 Å². The van der Waals surface area contributed by atoms with Crippen LogP contribution in [0.1, 0.15) is 12.5 Å². The first-order valence-corrected chi connectivity index (χ1v) is 6.52. The maximum absolute atomic E-state index is 5.77. The Morgan fingerprint density at radius 1 is 1.60 bits per heavy atom. The third-order valence-corrected chi connectivity index (χ3v) is 3.93. The Morgan fingerprint density at radius 3 is 3.00 bits per heavy atom. The summed E-state index contributed by atoms with van der Waals surface area (Å²) in [6.07, 6.45) is 3.05. The first-order valence-electron chi connectivity index (χ1n) is 4.89. The highest BCUT2D eigenvalue weighted by atomic mass is 32.2. The van der Waals surface area contributed by atoms with Gasteiger partial charge in [0.25, 0.3) is 0 Å². The highest BCUT2D eigenvalue weighted by molar-refractivity contribution is 8.22. The highest BCUT2D eigenvalue weighted by Gasteiger charge is 2.28. The van der Waals surface area contributed by atoms with Crippen molar-refractivity contribution >= 4 is 39.7 Å². The second-order valence-corrected chi connectivity index (χ2v) is 5.22. The van der Waals surface area contributed by atoms with Crippen LogP contribution in [0.3, 0.4) is 0 Å². The maximum atomic E-state index is 5.77. The molecule has 1 aliphatic rings. The Balaban J connectivity index is 2.41. The van der Waals surface area contributed by atoms with Gasteiger partial charge in [0, 0.05) is 17.4 Å². The number of thiocarbonyl (C=S) groups is 1.